The van der Waals surface area contributed by atoms with Crippen molar-refractivity contribution in [3.8, 4) is 16.3 Å². The Labute approximate surface area is 167 Å². The average molecular weight is 389 g/mol. The highest BCUT2D eigenvalue weighted by atomic mass is 32.1. The van der Waals surface area contributed by atoms with Crippen LogP contribution in [-0.4, -0.2) is 15.9 Å². The summed E-state index contributed by atoms with van der Waals surface area (Å²) in [5.74, 6) is 0. The predicted molar refractivity (Wildman–Crippen MR) is 112 cm³/mol. The van der Waals surface area contributed by atoms with Crippen molar-refractivity contribution in [1.29, 1.82) is 0 Å². The van der Waals surface area contributed by atoms with Gasteiger partial charge in [-0.15, -0.1) is 11.3 Å². The first-order valence-electron chi connectivity index (χ1n) is 8.87. The fraction of sp³-hybridized carbons (Fsp3) is 0.0909. The topological polar surface area (TPSA) is 56.1 Å². The smallest absolute Gasteiger partial charge is 0.411 e. The number of amides is 1. The second kappa shape index (κ2) is 8.10. The molecule has 140 valence electrons. The minimum Gasteiger partial charge on any atom is -0.444 e. The van der Waals surface area contributed by atoms with Crippen LogP contribution in [0.3, 0.4) is 0 Å². The number of nitrogens with zero attached hydrogens (tertiary/aromatic N) is 2. The molecular weight excluding hydrogens is 370 g/mol. The molecular formula is C22H19N3O2S. The molecule has 2 aromatic heterocycles. The number of hydrogen-bond acceptors (Lipinski definition) is 4. The lowest BCUT2D eigenvalue weighted by Gasteiger charge is -2.07. The summed E-state index contributed by atoms with van der Waals surface area (Å²) in [6, 6.07) is 21.4. The fourth-order valence-corrected chi connectivity index (χ4v) is 3.53. The molecule has 0 unspecified atom stereocenters. The van der Waals surface area contributed by atoms with Crippen LogP contribution in [0.2, 0.25) is 0 Å². The number of ether oxygens (including phenoxy) is 1. The van der Waals surface area contributed by atoms with E-state index in [-0.39, 0.29) is 6.61 Å². The third-order valence-corrected chi connectivity index (χ3v) is 5.10. The van der Waals surface area contributed by atoms with E-state index in [0.29, 0.717) is 5.69 Å². The van der Waals surface area contributed by atoms with E-state index >= 15 is 0 Å². The maximum absolute atomic E-state index is 12.2. The van der Waals surface area contributed by atoms with Crippen LogP contribution in [0.1, 0.15) is 11.1 Å². The molecule has 5 nitrogen and oxygen atoms in total. The van der Waals surface area contributed by atoms with Crippen LogP contribution >= 0.6 is 11.3 Å². The van der Waals surface area contributed by atoms with Crippen molar-refractivity contribution in [2.45, 2.75) is 13.5 Å². The van der Waals surface area contributed by atoms with Crippen molar-refractivity contribution >= 4 is 23.1 Å². The van der Waals surface area contributed by atoms with Crippen molar-refractivity contribution in [3.63, 3.8) is 0 Å². The van der Waals surface area contributed by atoms with Gasteiger partial charge in [-0.3, -0.25) is 5.32 Å². The Balaban J connectivity index is 1.52. The molecule has 4 aromatic rings. The third-order valence-electron chi connectivity index (χ3n) is 4.22. The van der Waals surface area contributed by atoms with Crippen molar-refractivity contribution in [3.05, 3.63) is 89.4 Å². The number of rotatable bonds is 5. The van der Waals surface area contributed by atoms with E-state index in [1.807, 2.05) is 89.9 Å². The normalized spacial score (nSPS) is 10.6. The molecule has 0 aliphatic rings. The lowest BCUT2D eigenvalue weighted by molar-refractivity contribution is 0.155. The van der Waals surface area contributed by atoms with Gasteiger partial charge in [0.15, 0.2) is 0 Å². The van der Waals surface area contributed by atoms with E-state index in [1.54, 1.807) is 11.3 Å². The molecule has 0 radical (unpaired) electrons. The van der Waals surface area contributed by atoms with Crippen LogP contribution in [0.25, 0.3) is 16.3 Å². The number of nitrogens with one attached hydrogen (secondary N) is 1. The summed E-state index contributed by atoms with van der Waals surface area (Å²) in [7, 11) is 0. The van der Waals surface area contributed by atoms with E-state index in [0.717, 1.165) is 27.4 Å². The van der Waals surface area contributed by atoms with Gasteiger partial charge in [0.1, 0.15) is 12.3 Å². The molecule has 0 saturated carbocycles. The molecule has 2 heterocycles. The number of aromatic nitrogens is 2. The molecule has 1 amide bonds. The summed E-state index contributed by atoms with van der Waals surface area (Å²) in [6.45, 7) is 2.14. The molecule has 0 aliphatic heterocycles. The zero-order valence-electron chi connectivity index (χ0n) is 15.3. The van der Waals surface area contributed by atoms with Gasteiger partial charge in [0, 0.05) is 17.4 Å². The Morgan fingerprint density at radius 3 is 2.57 bits per heavy atom. The first-order valence-corrected chi connectivity index (χ1v) is 9.75. The Bertz CT molecular complexity index is 1060. The number of aryl methyl sites for hydroxylation is 1. The lowest BCUT2D eigenvalue weighted by Crippen LogP contribution is -2.13. The average Bonchev–Trinajstić information content (AvgIpc) is 3.38. The summed E-state index contributed by atoms with van der Waals surface area (Å²) < 4.78 is 7.26. The van der Waals surface area contributed by atoms with Gasteiger partial charge in [0.2, 0.25) is 0 Å². The lowest BCUT2D eigenvalue weighted by atomic mass is 10.2. The van der Waals surface area contributed by atoms with Gasteiger partial charge in [0.05, 0.1) is 10.6 Å². The third kappa shape index (κ3) is 4.13. The van der Waals surface area contributed by atoms with Gasteiger partial charge in [-0.05, 0) is 42.6 Å². The minimum absolute atomic E-state index is 0.137. The van der Waals surface area contributed by atoms with E-state index < -0.39 is 6.09 Å². The number of anilines is 1. The summed E-state index contributed by atoms with van der Waals surface area (Å²) in [6.07, 6.45) is 1.41. The first kappa shape index (κ1) is 18.0. The summed E-state index contributed by atoms with van der Waals surface area (Å²) in [5, 5.41) is 9.46. The molecule has 4 rings (SSSR count). The molecule has 2 aromatic carbocycles. The van der Waals surface area contributed by atoms with Crippen LogP contribution in [-0.2, 0) is 11.3 Å². The summed E-state index contributed by atoms with van der Waals surface area (Å²) in [5.41, 5.74) is 4.46. The number of carbonyl (C=O) groups is 1. The highest BCUT2D eigenvalue weighted by Crippen LogP contribution is 2.28. The molecule has 0 atom stereocenters. The number of carbonyl (C=O) groups excluding carboxylic acids is 1. The monoisotopic (exact) mass is 389 g/mol. The van der Waals surface area contributed by atoms with Gasteiger partial charge in [-0.2, -0.15) is 5.10 Å². The second-order valence-electron chi connectivity index (χ2n) is 6.33. The van der Waals surface area contributed by atoms with E-state index in [4.69, 9.17) is 9.84 Å². The van der Waals surface area contributed by atoms with E-state index in [1.165, 1.54) is 0 Å². The summed E-state index contributed by atoms with van der Waals surface area (Å²) in [4.78, 5) is 13.2. The molecule has 6 heteroatoms. The largest absolute Gasteiger partial charge is 0.444 e. The number of thiophene rings is 1. The SMILES string of the molecule is Cc1ccc(NC(=O)OCc2cn(-c3ccccc3)nc2-c2cccs2)cc1. The van der Waals surface area contributed by atoms with Gasteiger partial charge in [0.25, 0.3) is 0 Å². The fourth-order valence-electron chi connectivity index (χ4n) is 2.78. The molecule has 1 N–H and O–H groups in total. The van der Waals surface area contributed by atoms with Crippen molar-refractivity contribution in [1.82, 2.24) is 9.78 Å². The maximum atomic E-state index is 12.2. The van der Waals surface area contributed by atoms with Crippen molar-refractivity contribution in [2.24, 2.45) is 0 Å². The highest BCUT2D eigenvalue weighted by Gasteiger charge is 2.15. The van der Waals surface area contributed by atoms with Crippen LogP contribution < -0.4 is 5.32 Å². The Morgan fingerprint density at radius 2 is 1.86 bits per heavy atom. The minimum atomic E-state index is -0.492. The maximum Gasteiger partial charge on any atom is 0.411 e. The van der Waals surface area contributed by atoms with Gasteiger partial charge >= 0.3 is 6.09 Å². The number of benzene rings is 2. The first-order chi connectivity index (χ1) is 13.7. The standard InChI is InChI=1S/C22H19N3O2S/c1-16-9-11-18(12-10-16)23-22(26)27-15-17-14-25(19-6-3-2-4-7-19)24-21(17)20-8-5-13-28-20/h2-14H,15H2,1H3,(H,23,26). The molecule has 0 bridgehead atoms. The molecule has 0 aliphatic carbocycles. The van der Waals surface area contributed by atoms with Crippen LogP contribution in [0.5, 0.6) is 0 Å². The van der Waals surface area contributed by atoms with Crippen LogP contribution in [0.15, 0.2) is 78.3 Å². The zero-order valence-corrected chi connectivity index (χ0v) is 16.1. The van der Waals surface area contributed by atoms with Gasteiger partial charge in [-0.1, -0.05) is 42.0 Å². The van der Waals surface area contributed by atoms with Gasteiger partial charge in [-0.25, -0.2) is 9.48 Å². The van der Waals surface area contributed by atoms with E-state index in [9.17, 15) is 4.79 Å². The second-order valence-corrected chi connectivity index (χ2v) is 7.28. The van der Waals surface area contributed by atoms with Gasteiger partial charge < -0.3 is 4.74 Å². The quantitative estimate of drug-likeness (QED) is 0.479. The highest BCUT2D eigenvalue weighted by molar-refractivity contribution is 7.13. The Kier molecular flexibility index (Phi) is 5.21. The number of hydrogen-bond donors (Lipinski definition) is 1. The predicted octanol–water partition coefficient (Wildman–Crippen LogP) is 5.66. The zero-order chi connectivity index (χ0) is 19.3. The van der Waals surface area contributed by atoms with Crippen LogP contribution in [0.4, 0.5) is 10.5 Å². The number of para-hydroxylation sites is 1. The van der Waals surface area contributed by atoms with E-state index in [2.05, 4.69) is 5.32 Å². The molecule has 0 fully saturated rings. The summed E-state index contributed by atoms with van der Waals surface area (Å²) >= 11 is 1.60. The van der Waals surface area contributed by atoms with Crippen LogP contribution in [0, 0.1) is 6.92 Å². The van der Waals surface area contributed by atoms with Crippen molar-refractivity contribution < 1.29 is 9.53 Å². The Morgan fingerprint density at radius 1 is 1.07 bits per heavy atom. The van der Waals surface area contributed by atoms with Crippen molar-refractivity contribution in [2.75, 3.05) is 5.32 Å². The molecule has 28 heavy (non-hydrogen) atoms. The molecule has 0 saturated heterocycles. The Hall–Kier alpha value is -3.38. The molecule has 0 spiro atoms.